The number of rotatable bonds is 3. The van der Waals surface area contributed by atoms with E-state index in [0.29, 0.717) is 16.3 Å². The van der Waals surface area contributed by atoms with Gasteiger partial charge in [-0.05, 0) is 35.0 Å². The van der Waals surface area contributed by atoms with Crippen LogP contribution in [-0.4, -0.2) is 18.9 Å². The molecule has 0 saturated heterocycles. The van der Waals surface area contributed by atoms with Crippen LogP contribution in [0, 0.1) is 0 Å². The van der Waals surface area contributed by atoms with Crippen LogP contribution in [0.1, 0.15) is 27.6 Å². The number of hydrogen-bond acceptors (Lipinski definition) is 3. The lowest BCUT2D eigenvalue weighted by Gasteiger charge is -2.06. The van der Waals surface area contributed by atoms with E-state index in [9.17, 15) is 9.59 Å². The average Bonchev–Trinajstić information content (AvgIpc) is 2.16. The van der Waals surface area contributed by atoms with E-state index in [0.717, 1.165) is 0 Å². The summed E-state index contributed by atoms with van der Waals surface area (Å²) in [6.45, 7) is 1.98. The van der Waals surface area contributed by atoms with Crippen molar-refractivity contribution in [1.82, 2.24) is 0 Å². The summed E-state index contributed by atoms with van der Waals surface area (Å²) in [6, 6.07) is 2.94. The fraction of sp³-hybridized carbons (Fsp3) is 0.200. The molecule has 0 aliphatic heterocycles. The minimum absolute atomic E-state index is 0.199. The minimum atomic E-state index is -0.508. The number of hydrogen-bond donors (Lipinski definition) is 0. The van der Waals surface area contributed by atoms with Gasteiger partial charge in [-0.15, -0.1) is 0 Å². The molecule has 0 aromatic heterocycles. The number of halogens is 2. The summed E-state index contributed by atoms with van der Waals surface area (Å²) < 4.78 is 5.28. The maximum Gasteiger partial charge on any atom is 0.340 e. The predicted molar refractivity (Wildman–Crippen MR) is 60.5 cm³/mol. The molecule has 0 aliphatic rings. The molecule has 0 unspecified atom stereocenters. The molecule has 0 saturated carbocycles. The lowest BCUT2D eigenvalue weighted by atomic mass is 10.1. The Bertz CT molecular complexity index is 381. The monoisotopic (exact) mass is 290 g/mol. The third-order valence-electron chi connectivity index (χ3n) is 1.68. The van der Waals surface area contributed by atoms with Gasteiger partial charge >= 0.3 is 5.97 Å². The van der Waals surface area contributed by atoms with Gasteiger partial charge < -0.3 is 4.74 Å². The van der Waals surface area contributed by atoms with Gasteiger partial charge in [0.25, 0.3) is 0 Å². The smallest absolute Gasteiger partial charge is 0.340 e. The Balaban J connectivity index is 3.19. The molecule has 80 valence electrons. The summed E-state index contributed by atoms with van der Waals surface area (Å²) in [5.41, 5.74) is 0.643. The molecule has 5 heteroatoms. The molecule has 0 heterocycles. The fourth-order valence-corrected chi connectivity index (χ4v) is 2.12. The Kier molecular flexibility index (Phi) is 4.29. The average molecular weight is 292 g/mol. The van der Waals surface area contributed by atoms with Crippen molar-refractivity contribution in [2.24, 2.45) is 0 Å². The fourth-order valence-electron chi connectivity index (χ4n) is 1.06. The summed E-state index contributed by atoms with van der Waals surface area (Å²) in [6.07, 6.45) is 0.658. The van der Waals surface area contributed by atoms with E-state index in [1.54, 1.807) is 6.92 Å². The molecule has 0 atom stereocenters. The van der Waals surface area contributed by atoms with Gasteiger partial charge in [0.1, 0.15) is 6.29 Å². The molecule has 0 fully saturated rings. The van der Waals surface area contributed by atoms with Crippen molar-refractivity contribution in [2.45, 2.75) is 6.92 Å². The van der Waals surface area contributed by atoms with Crippen molar-refractivity contribution < 1.29 is 14.3 Å². The Morgan fingerprint density at radius 3 is 2.73 bits per heavy atom. The topological polar surface area (TPSA) is 43.4 Å². The number of benzene rings is 1. The molecular weight excluding hydrogens is 283 g/mol. The van der Waals surface area contributed by atoms with Crippen molar-refractivity contribution in [3.05, 3.63) is 32.8 Å². The zero-order valence-electron chi connectivity index (χ0n) is 7.92. The van der Waals surface area contributed by atoms with Gasteiger partial charge in [0.05, 0.1) is 17.2 Å². The van der Waals surface area contributed by atoms with Gasteiger partial charge in [-0.2, -0.15) is 0 Å². The number of aldehydes is 1. The minimum Gasteiger partial charge on any atom is -0.462 e. The van der Waals surface area contributed by atoms with E-state index in [1.807, 2.05) is 0 Å². The summed E-state index contributed by atoms with van der Waals surface area (Å²) >= 11 is 9.02. The molecule has 1 aromatic rings. The number of carbonyl (C=O) groups is 2. The van der Waals surface area contributed by atoms with E-state index in [-0.39, 0.29) is 17.2 Å². The van der Waals surface area contributed by atoms with E-state index < -0.39 is 5.97 Å². The molecule has 0 radical (unpaired) electrons. The van der Waals surface area contributed by atoms with Crippen LogP contribution in [-0.2, 0) is 4.74 Å². The molecule has 3 nitrogen and oxygen atoms in total. The summed E-state index contributed by atoms with van der Waals surface area (Å²) in [5, 5.41) is 0.199. The summed E-state index contributed by atoms with van der Waals surface area (Å²) in [7, 11) is 0. The van der Waals surface area contributed by atoms with Crippen LogP contribution < -0.4 is 0 Å². The highest BCUT2D eigenvalue weighted by Crippen LogP contribution is 2.27. The molecule has 0 N–H and O–H groups in total. The SMILES string of the molecule is CCOC(=O)c1c(Cl)cc(C=O)cc1Br. The van der Waals surface area contributed by atoms with Crippen LogP contribution in [0.4, 0.5) is 0 Å². The third kappa shape index (κ3) is 2.79. The lowest BCUT2D eigenvalue weighted by Crippen LogP contribution is -2.06. The molecule has 0 amide bonds. The maximum atomic E-state index is 11.5. The molecule has 1 aromatic carbocycles. The normalized spacial score (nSPS) is 9.80. The predicted octanol–water partition coefficient (Wildman–Crippen LogP) is 3.09. The van der Waals surface area contributed by atoms with Gasteiger partial charge in [-0.25, -0.2) is 4.79 Å². The van der Waals surface area contributed by atoms with Gasteiger partial charge in [0.15, 0.2) is 0 Å². The Hall–Kier alpha value is -0.870. The van der Waals surface area contributed by atoms with Crippen molar-refractivity contribution in [3.8, 4) is 0 Å². The first-order valence-corrected chi connectivity index (χ1v) is 5.38. The van der Waals surface area contributed by atoms with Gasteiger partial charge in [-0.3, -0.25) is 4.79 Å². The maximum absolute atomic E-state index is 11.5. The van der Waals surface area contributed by atoms with Crippen LogP contribution in [0.2, 0.25) is 5.02 Å². The number of ether oxygens (including phenoxy) is 1. The van der Waals surface area contributed by atoms with Crippen LogP contribution in [0.25, 0.3) is 0 Å². The molecule has 1 rings (SSSR count). The lowest BCUT2D eigenvalue weighted by molar-refractivity contribution is 0.0525. The van der Waals surface area contributed by atoms with E-state index in [4.69, 9.17) is 16.3 Å². The second kappa shape index (κ2) is 5.28. The zero-order valence-corrected chi connectivity index (χ0v) is 10.3. The highest BCUT2D eigenvalue weighted by atomic mass is 79.9. The molecule has 0 spiro atoms. The molecule has 0 aliphatic carbocycles. The highest BCUT2D eigenvalue weighted by Gasteiger charge is 2.16. The van der Waals surface area contributed by atoms with Crippen LogP contribution >= 0.6 is 27.5 Å². The first-order chi connectivity index (χ1) is 7.10. The Labute approximate surface area is 100 Å². The Morgan fingerprint density at radius 1 is 1.60 bits per heavy atom. The van der Waals surface area contributed by atoms with E-state index >= 15 is 0 Å². The third-order valence-corrected chi connectivity index (χ3v) is 2.60. The molecule has 0 bridgehead atoms. The van der Waals surface area contributed by atoms with E-state index in [2.05, 4.69) is 15.9 Å². The Morgan fingerprint density at radius 2 is 2.27 bits per heavy atom. The van der Waals surface area contributed by atoms with Crippen molar-refractivity contribution >= 4 is 39.8 Å². The number of esters is 1. The van der Waals surface area contributed by atoms with Crippen molar-refractivity contribution in [2.75, 3.05) is 6.61 Å². The van der Waals surface area contributed by atoms with Crippen LogP contribution in [0.5, 0.6) is 0 Å². The first kappa shape index (κ1) is 12.2. The van der Waals surface area contributed by atoms with Crippen LogP contribution in [0.3, 0.4) is 0 Å². The summed E-state index contributed by atoms with van der Waals surface area (Å²) in [4.78, 5) is 22.0. The second-order valence-corrected chi connectivity index (χ2v) is 3.96. The van der Waals surface area contributed by atoms with E-state index in [1.165, 1.54) is 12.1 Å². The molecular formula is C10H8BrClO3. The van der Waals surface area contributed by atoms with Crippen molar-refractivity contribution in [1.29, 1.82) is 0 Å². The summed E-state index contributed by atoms with van der Waals surface area (Å²) in [5.74, 6) is -0.508. The number of carbonyl (C=O) groups excluding carboxylic acids is 2. The quantitative estimate of drug-likeness (QED) is 0.635. The first-order valence-electron chi connectivity index (χ1n) is 4.21. The van der Waals surface area contributed by atoms with Crippen molar-refractivity contribution in [3.63, 3.8) is 0 Å². The van der Waals surface area contributed by atoms with Gasteiger partial charge in [0, 0.05) is 10.0 Å². The molecule has 15 heavy (non-hydrogen) atoms. The zero-order chi connectivity index (χ0) is 11.4. The van der Waals surface area contributed by atoms with Crippen LogP contribution in [0.15, 0.2) is 16.6 Å². The second-order valence-electron chi connectivity index (χ2n) is 2.70. The van der Waals surface area contributed by atoms with Gasteiger partial charge in [0.2, 0.25) is 0 Å². The standard InChI is InChI=1S/C10H8BrClO3/c1-2-15-10(14)9-7(11)3-6(5-13)4-8(9)12/h3-5H,2H2,1H3. The van der Waals surface area contributed by atoms with Gasteiger partial charge in [-0.1, -0.05) is 11.6 Å². The largest absolute Gasteiger partial charge is 0.462 e. The highest BCUT2D eigenvalue weighted by molar-refractivity contribution is 9.10.